The molecule has 0 aliphatic heterocycles. The van der Waals surface area contributed by atoms with Crippen LogP contribution >= 0.6 is 11.8 Å². The number of aromatic nitrogens is 2. The van der Waals surface area contributed by atoms with E-state index in [0.29, 0.717) is 22.0 Å². The van der Waals surface area contributed by atoms with Gasteiger partial charge in [0.25, 0.3) is 0 Å². The second-order valence-electron chi connectivity index (χ2n) is 4.32. The van der Waals surface area contributed by atoms with Gasteiger partial charge in [-0.2, -0.15) is 0 Å². The molecule has 0 spiro atoms. The van der Waals surface area contributed by atoms with Gasteiger partial charge in [-0.15, -0.1) is 0 Å². The molecule has 0 saturated heterocycles. The van der Waals surface area contributed by atoms with Crippen molar-refractivity contribution in [2.24, 2.45) is 5.73 Å². The van der Waals surface area contributed by atoms with Crippen LogP contribution in [0.4, 0.5) is 4.39 Å². The van der Waals surface area contributed by atoms with Gasteiger partial charge in [-0.05, 0) is 25.5 Å². The molecule has 5 heteroatoms. The third-order valence-electron chi connectivity index (χ3n) is 2.70. The van der Waals surface area contributed by atoms with E-state index in [-0.39, 0.29) is 12.4 Å². The third-order valence-corrected chi connectivity index (χ3v) is 3.59. The first-order chi connectivity index (χ1) is 9.10. The molecule has 0 fully saturated rings. The van der Waals surface area contributed by atoms with Gasteiger partial charge >= 0.3 is 0 Å². The van der Waals surface area contributed by atoms with E-state index in [9.17, 15) is 4.39 Å². The first kappa shape index (κ1) is 14.0. The third kappa shape index (κ3) is 3.52. The van der Waals surface area contributed by atoms with Crippen LogP contribution in [0, 0.1) is 19.7 Å². The van der Waals surface area contributed by atoms with Gasteiger partial charge in [-0.1, -0.05) is 30.0 Å². The second kappa shape index (κ2) is 6.12. The zero-order chi connectivity index (χ0) is 13.8. The molecule has 0 amide bonds. The van der Waals surface area contributed by atoms with E-state index in [1.807, 2.05) is 26.0 Å². The van der Waals surface area contributed by atoms with E-state index in [0.717, 1.165) is 11.4 Å². The number of rotatable bonds is 4. The highest BCUT2D eigenvalue weighted by Gasteiger charge is 2.08. The summed E-state index contributed by atoms with van der Waals surface area (Å²) in [5, 5.41) is 0.676. The molecular formula is C14H16FN3S. The first-order valence-electron chi connectivity index (χ1n) is 6.01. The maximum absolute atomic E-state index is 14.0. The number of benzene rings is 1. The van der Waals surface area contributed by atoms with Gasteiger partial charge < -0.3 is 5.73 Å². The summed E-state index contributed by atoms with van der Waals surface area (Å²) in [7, 11) is 0. The molecule has 1 heterocycles. The minimum Gasteiger partial charge on any atom is -0.326 e. The summed E-state index contributed by atoms with van der Waals surface area (Å²) < 4.78 is 14.0. The Morgan fingerprint density at radius 1 is 1.16 bits per heavy atom. The van der Waals surface area contributed by atoms with Crippen molar-refractivity contribution in [1.29, 1.82) is 0 Å². The Kier molecular flexibility index (Phi) is 4.50. The number of halogens is 1. The number of aryl methyl sites for hydroxylation is 2. The fourth-order valence-electron chi connectivity index (χ4n) is 1.80. The van der Waals surface area contributed by atoms with Crippen molar-refractivity contribution in [3.63, 3.8) is 0 Å². The molecule has 0 aliphatic carbocycles. The van der Waals surface area contributed by atoms with Crippen LogP contribution in [-0.2, 0) is 12.3 Å². The maximum Gasteiger partial charge on any atom is 0.188 e. The topological polar surface area (TPSA) is 51.8 Å². The van der Waals surface area contributed by atoms with Gasteiger partial charge in [0, 0.05) is 29.2 Å². The zero-order valence-electron chi connectivity index (χ0n) is 11.0. The Morgan fingerprint density at radius 3 is 2.42 bits per heavy atom. The Hall–Kier alpha value is -1.46. The Morgan fingerprint density at radius 2 is 1.79 bits per heavy atom. The highest BCUT2D eigenvalue weighted by molar-refractivity contribution is 7.98. The molecule has 0 saturated carbocycles. The molecule has 0 atom stereocenters. The Balaban J connectivity index is 2.14. The van der Waals surface area contributed by atoms with Crippen LogP contribution in [0.2, 0.25) is 0 Å². The zero-order valence-corrected chi connectivity index (χ0v) is 11.8. The quantitative estimate of drug-likeness (QED) is 0.689. The van der Waals surface area contributed by atoms with E-state index in [2.05, 4.69) is 9.97 Å². The molecular weight excluding hydrogens is 261 g/mol. The Labute approximate surface area is 116 Å². The lowest BCUT2D eigenvalue weighted by Crippen LogP contribution is -2.02. The summed E-state index contributed by atoms with van der Waals surface area (Å²) >= 11 is 1.43. The molecule has 2 aromatic rings. The molecule has 3 nitrogen and oxygen atoms in total. The summed E-state index contributed by atoms with van der Waals surface area (Å²) in [6.45, 7) is 4.06. The number of nitrogens with zero attached hydrogens (tertiary/aromatic N) is 2. The van der Waals surface area contributed by atoms with Crippen LogP contribution in [0.15, 0.2) is 29.4 Å². The molecule has 19 heavy (non-hydrogen) atoms. The molecule has 0 unspecified atom stereocenters. The van der Waals surface area contributed by atoms with Crippen molar-refractivity contribution in [1.82, 2.24) is 9.97 Å². The van der Waals surface area contributed by atoms with Crippen LogP contribution in [0.25, 0.3) is 0 Å². The molecule has 2 rings (SSSR count). The predicted octanol–water partition coefficient (Wildman–Crippen LogP) is 2.98. The average molecular weight is 277 g/mol. The smallest absolute Gasteiger partial charge is 0.188 e. The van der Waals surface area contributed by atoms with E-state index < -0.39 is 0 Å². The van der Waals surface area contributed by atoms with Crippen molar-refractivity contribution in [2.75, 3.05) is 0 Å². The molecule has 1 aromatic heterocycles. The lowest BCUT2D eigenvalue weighted by atomic mass is 10.1. The highest BCUT2D eigenvalue weighted by Crippen LogP contribution is 2.23. The normalized spacial score (nSPS) is 10.7. The predicted molar refractivity (Wildman–Crippen MR) is 75.4 cm³/mol. The summed E-state index contributed by atoms with van der Waals surface area (Å²) in [6, 6.07) is 7.21. The largest absolute Gasteiger partial charge is 0.326 e. The first-order valence-corrected chi connectivity index (χ1v) is 7.00. The molecule has 2 N–H and O–H groups in total. The number of nitrogens with two attached hydrogens (primary N) is 1. The monoisotopic (exact) mass is 277 g/mol. The fraction of sp³-hybridized carbons (Fsp3) is 0.286. The van der Waals surface area contributed by atoms with E-state index in [1.165, 1.54) is 11.8 Å². The van der Waals surface area contributed by atoms with Crippen molar-refractivity contribution < 1.29 is 4.39 Å². The minimum atomic E-state index is -0.220. The SMILES string of the molecule is Cc1cc(C)nc(SCc2cccc(CN)c2F)n1. The van der Waals surface area contributed by atoms with Crippen LogP contribution < -0.4 is 5.73 Å². The van der Waals surface area contributed by atoms with E-state index in [1.54, 1.807) is 12.1 Å². The molecule has 0 bridgehead atoms. The van der Waals surface area contributed by atoms with Crippen molar-refractivity contribution in [3.05, 3.63) is 52.6 Å². The highest BCUT2D eigenvalue weighted by atomic mass is 32.2. The van der Waals surface area contributed by atoms with Gasteiger partial charge in [0.15, 0.2) is 5.16 Å². The lowest BCUT2D eigenvalue weighted by molar-refractivity contribution is 0.600. The number of hydrogen-bond donors (Lipinski definition) is 1. The van der Waals surface area contributed by atoms with Crippen LogP contribution in [0.3, 0.4) is 0 Å². The fourth-order valence-corrected chi connectivity index (χ4v) is 2.73. The van der Waals surface area contributed by atoms with Gasteiger partial charge in [0.1, 0.15) is 5.82 Å². The van der Waals surface area contributed by atoms with Crippen molar-refractivity contribution in [2.45, 2.75) is 31.3 Å². The van der Waals surface area contributed by atoms with Gasteiger partial charge in [-0.3, -0.25) is 0 Å². The molecule has 100 valence electrons. The molecule has 1 aromatic carbocycles. The van der Waals surface area contributed by atoms with Gasteiger partial charge in [-0.25, -0.2) is 14.4 Å². The Bertz CT molecular complexity index is 567. The summed E-state index contributed by atoms with van der Waals surface area (Å²) in [6.07, 6.45) is 0. The van der Waals surface area contributed by atoms with E-state index >= 15 is 0 Å². The summed E-state index contributed by atoms with van der Waals surface area (Å²) in [5.74, 6) is 0.282. The lowest BCUT2D eigenvalue weighted by Gasteiger charge is -2.07. The van der Waals surface area contributed by atoms with Gasteiger partial charge in [0.2, 0.25) is 0 Å². The summed E-state index contributed by atoms with van der Waals surface area (Å²) in [4.78, 5) is 8.65. The van der Waals surface area contributed by atoms with Crippen LogP contribution in [0.5, 0.6) is 0 Å². The summed E-state index contributed by atoms with van der Waals surface area (Å²) in [5.41, 5.74) is 8.52. The van der Waals surface area contributed by atoms with Gasteiger partial charge in [0.05, 0.1) is 0 Å². The molecule has 0 radical (unpaired) electrons. The minimum absolute atomic E-state index is 0.213. The average Bonchev–Trinajstić information content (AvgIpc) is 2.36. The second-order valence-corrected chi connectivity index (χ2v) is 5.26. The van der Waals surface area contributed by atoms with Crippen LogP contribution in [0.1, 0.15) is 22.5 Å². The maximum atomic E-state index is 14.0. The van der Waals surface area contributed by atoms with Crippen molar-refractivity contribution in [3.8, 4) is 0 Å². The van der Waals surface area contributed by atoms with Crippen molar-refractivity contribution >= 4 is 11.8 Å². The molecule has 0 aliphatic rings. The number of thioether (sulfide) groups is 1. The standard InChI is InChI=1S/C14H16FN3S/c1-9-6-10(2)18-14(17-9)19-8-12-5-3-4-11(7-16)13(12)15/h3-6H,7-8,16H2,1-2H3. The van der Waals surface area contributed by atoms with Crippen LogP contribution in [-0.4, -0.2) is 9.97 Å². The van der Waals surface area contributed by atoms with E-state index in [4.69, 9.17) is 5.73 Å². The number of hydrogen-bond acceptors (Lipinski definition) is 4.